The lowest BCUT2D eigenvalue weighted by atomic mass is 9.99. The SMILES string of the molecule is O=c1c(Cc2ccncc2)c(-c2ccncc2)oc2cc(OCc3ccccc3)ccc12. The van der Waals surface area contributed by atoms with Crippen molar-refractivity contribution in [2.75, 3.05) is 0 Å². The Bertz CT molecular complexity index is 1400. The molecule has 0 aliphatic heterocycles. The van der Waals surface area contributed by atoms with Crippen molar-refractivity contribution in [3.05, 3.63) is 124 Å². The average Bonchev–Trinajstić information content (AvgIpc) is 2.86. The van der Waals surface area contributed by atoms with Gasteiger partial charge >= 0.3 is 0 Å². The standard InChI is InChI=1S/C27H20N2O3/c30-26-23-7-6-22(31-18-20-4-2-1-3-5-20)17-25(23)32-27(21-10-14-29-15-11-21)24(26)16-19-8-12-28-13-9-19/h1-15,17H,16,18H2. The minimum absolute atomic E-state index is 0.0514. The highest BCUT2D eigenvalue weighted by Crippen LogP contribution is 2.29. The minimum atomic E-state index is -0.0514. The molecule has 0 unspecified atom stereocenters. The maximum atomic E-state index is 13.5. The predicted molar refractivity (Wildman–Crippen MR) is 124 cm³/mol. The molecule has 0 atom stereocenters. The molecule has 3 heterocycles. The van der Waals surface area contributed by atoms with Crippen molar-refractivity contribution >= 4 is 11.0 Å². The Hall–Kier alpha value is -4.25. The molecule has 5 heteroatoms. The van der Waals surface area contributed by atoms with E-state index in [-0.39, 0.29) is 5.43 Å². The number of rotatable bonds is 6. The van der Waals surface area contributed by atoms with Crippen LogP contribution in [0.4, 0.5) is 0 Å². The Kier molecular flexibility index (Phi) is 5.45. The van der Waals surface area contributed by atoms with Gasteiger partial charge in [-0.25, -0.2) is 0 Å². The van der Waals surface area contributed by atoms with Crippen LogP contribution in [0.5, 0.6) is 5.75 Å². The molecule has 5 rings (SSSR count). The van der Waals surface area contributed by atoms with Crippen molar-refractivity contribution in [2.45, 2.75) is 13.0 Å². The van der Waals surface area contributed by atoms with Gasteiger partial charge in [0, 0.05) is 48.4 Å². The summed E-state index contributed by atoms with van der Waals surface area (Å²) in [5.74, 6) is 1.19. The molecule has 0 fully saturated rings. The minimum Gasteiger partial charge on any atom is -0.489 e. The summed E-state index contributed by atoms with van der Waals surface area (Å²) in [7, 11) is 0. The molecule has 32 heavy (non-hydrogen) atoms. The maximum absolute atomic E-state index is 13.5. The molecule has 0 bridgehead atoms. The molecule has 0 N–H and O–H groups in total. The van der Waals surface area contributed by atoms with E-state index in [1.165, 1.54) is 0 Å². The fourth-order valence-corrected chi connectivity index (χ4v) is 3.64. The fourth-order valence-electron chi connectivity index (χ4n) is 3.64. The van der Waals surface area contributed by atoms with Crippen LogP contribution in [0.3, 0.4) is 0 Å². The lowest BCUT2D eigenvalue weighted by molar-refractivity contribution is 0.306. The lowest BCUT2D eigenvalue weighted by Gasteiger charge is -2.12. The zero-order chi connectivity index (χ0) is 21.8. The number of fused-ring (bicyclic) bond motifs is 1. The van der Waals surface area contributed by atoms with Crippen LogP contribution in [-0.4, -0.2) is 9.97 Å². The zero-order valence-electron chi connectivity index (χ0n) is 17.3. The topological polar surface area (TPSA) is 65.2 Å². The van der Waals surface area contributed by atoms with Crippen LogP contribution in [-0.2, 0) is 13.0 Å². The molecule has 0 amide bonds. The fraction of sp³-hybridized carbons (Fsp3) is 0.0741. The van der Waals surface area contributed by atoms with Crippen molar-refractivity contribution < 1.29 is 9.15 Å². The molecular weight excluding hydrogens is 400 g/mol. The Morgan fingerprint density at radius 2 is 1.50 bits per heavy atom. The van der Waals surface area contributed by atoms with Gasteiger partial charge in [0.25, 0.3) is 0 Å². The smallest absolute Gasteiger partial charge is 0.196 e. The van der Waals surface area contributed by atoms with Gasteiger partial charge in [-0.15, -0.1) is 0 Å². The normalized spacial score (nSPS) is 10.9. The molecular formula is C27H20N2O3. The number of nitrogens with zero attached hydrogens (tertiary/aromatic N) is 2. The molecule has 0 aliphatic carbocycles. The van der Waals surface area contributed by atoms with Gasteiger partial charge in [0.05, 0.1) is 5.39 Å². The summed E-state index contributed by atoms with van der Waals surface area (Å²) >= 11 is 0. The highest BCUT2D eigenvalue weighted by atomic mass is 16.5. The molecule has 0 saturated carbocycles. The van der Waals surface area contributed by atoms with Crippen molar-refractivity contribution in [3.63, 3.8) is 0 Å². The summed E-state index contributed by atoms with van der Waals surface area (Å²) in [4.78, 5) is 21.6. The second-order valence-electron chi connectivity index (χ2n) is 7.44. The second kappa shape index (κ2) is 8.86. The first-order chi connectivity index (χ1) is 15.8. The summed E-state index contributed by atoms with van der Waals surface area (Å²) in [5.41, 5.74) is 3.91. The van der Waals surface area contributed by atoms with Crippen LogP contribution in [0.2, 0.25) is 0 Å². The molecule has 3 aromatic heterocycles. The third-order valence-corrected chi connectivity index (χ3v) is 5.28. The van der Waals surface area contributed by atoms with Crippen LogP contribution >= 0.6 is 0 Å². The van der Waals surface area contributed by atoms with E-state index in [1.807, 2.05) is 60.7 Å². The van der Waals surface area contributed by atoms with Gasteiger partial charge < -0.3 is 9.15 Å². The molecule has 5 nitrogen and oxygen atoms in total. The largest absolute Gasteiger partial charge is 0.489 e. The third-order valence-electron chi connectivity index (χ3n) is 5.28. The van der Waals surface area contributed by atoms with Gasteiger partial charge in [0.1, 0.15) is 23.7 Å². The summed E-state index contributed by atoms with van der Waals surface area (Å²) in [6.45, 7) is 0.438. The van der Waals surface area contributed by atoms with Crippen molar-refractivity contribution in [3.8, 4) is 17.1 Å². The lowest BCUT2D eigenvalue weighted by Crippen LogP contribution is -2.12. The molecule has 5 aromatic rings. The number of aromatic nitrogens is 2. The number of ether oxygens (including phenoxy) is 1. The van der Waals surface area contributed by atoms with Gasteiger partial charge in [0.15, 0.2) is 5.43 Å². The average molecular weight is 420 g/mol. The number of pyridine rings is 2. The number of hydrogen-bond donors (Lipinski definition) is 0. The first-order valence-corrected chi connectivity index (χ1v) is 10.3. The van der Waals surface area contributed by atoms with E-state index in [2.05, 4.69) is 9.97 Å². The molecule has 0 radical (unpaired) electrons. The Morgan fingerprint density at radius 1 is 0.781 bits per heavy atom. The predicted octanol–water partition coefficient (Wildman–Crippen LogP) is 5.42. The zero-order valence-corrected chi connectivity index (χ0v) is 17.3. The summed E-state index contributed by atoms with van der Waals surface area (Å²) in [6, 6.07) is 22.8. The first-order valence-electron chi connectivity index (χ1n) is 10.3. The van der Waals surface area contributed by atoms with Gasteiger partial charge in [-0.05, 0) is 47.5 Å². The van der Waals surface area contributed by atoms with Crippen LogP contribution in [0.15, 0.2) is 107 Å². The van der Waals surface area contributed by atoms with Crippen LogP contribution in [0.1, 0.15) is 16.7 Å². The highest BCUT2D eigenvalue weighted by molar-refractivity contribution is 5.81. The van der Waals surface area contributed by atoms with Gasteiger partial charge in [-0.2, -0.15) is 0 Å². The van der Waals surface area contributed by atoms with E-state index < -0.39 is 0 Å². The van der Waals surface area contributed by atoms with Gasteiger partial charge in [-0.1, -0.05) is 30.3 Å². The van der Waals surface area contributed by atoms with E-state index in [0.717, 1.165) is 16.7 Å². The van der Waals surface area contributed by atoms with E-state index in [0.29, 0.717) is 41.1 Å². The van der Waals surface area contributed by atoms with E-state index in [4.69, 9.17) is 9.15 Å². The molecule has 0 saturated heterocycles. The Morgan fingerprint density at radius 3 is 2.25 bits per heavy atom. The van der Waals surface area contributed by atoms with Crippen LogP contribution < -0.4 is 10.2 Å². The molecule has 2 aromatic carbocycles. The molecule has 0 aliphatic rings. The van der Waals surface area contributed by atoms with E-state index >= 15 is 0 Å². The van der Waals surface area contributed by atoms with Crippen molar-refractivity contribution in [2.24, 2.45) is 0 Å². The number of benzene rings is 2. The van der Waals surface area contributed by atoms with Crippen molar-refractivity contribution in [1.29, 1.82) is 0 Å². The third kappa shape index (κ3) is 4.14. The molecule has 0 spiro atoms. The monoisotopic (exact) mass is 420 g/mol. The first kappa shape index (κ1) is 19.7. The second-order valence-corrected chi connectivity index (χ2v) is 7.44. The summed E-state index contributed by atoms with van der Waals surface area (Å²) < 4.78 is 12.2. The highest BCUT2D eigenvalue weighted by Gasteiger charge is 2.17. The van der Waals surface area contributed by atoms with Gasteiger partial charge in [0.2, 0.25) is 0 Å². The van der Waals surface area contributed by atoms with Crippen LogP contribution in [0, 0.1) is 0 Å². The van der Waals surface area contributed by atoms with Gasteiger partial charge in [-0.3, -0.25) is 14.8 Å². The van der Waals surface area contributed by atoms with E-state index in [9.17, 15) is 4.79 Å². The summed E-state index contributed by atoms with van der Waals surface area (Å²) in [5, 5.41) is 0.527. The van der Waals surface area contributed by atoms with E-state index in [1.54, 1.807) is 36.9 Å². The van der Waals surface area contributed by atoms with Crippen molar-refractivity contribution in [1.82, 2.24) is 9.97 Å². The number of hydrogen-bond acceptors (Lipinski definition) is 5. The Labute approximate surface area is 185 Å². The molecule has 156 valence electrons. The quantitative estimate of drug-likeness (QED) is 0.367. The Balaban J connectivity index is 1.58. The summed E-state index contributed by atoms with van der Waals surface area (Å²) in [6.07, 6.45) is 7.27. The van der Waals surface area contributed by atoms with Crippen LogP contribution in [0.25, 0.3) is 22.3 Å². The maximum Gasteiger partial charge on any atom is 0.196 e.